The summed E-state index contributed by atoms with van der Waals surface area (Å²) >= 11 is -0.582. The summed E-state index contributed by atoms with van der Waals surface area (Å²) in [4.78, 5) is 20.9. The largest absolute Gasteiger partial charge is 0.480 e. The van der Waals surface area contributed by atoms with Crippen molar-refractivity contribution in [3.8, 4) is 0 Å². The minimum Gasteiger partial charge on any atom is -0.480 e. The second-order valence-corrected chi connectivity index (χ2v) is 4.10. The normalized spacial score (nSPS) is 14.1. The van der Waals surface area contributed by atoms with Gasteiger partial charge in [-0.2, -0.15) is 26.3 Å². The van der Waals surface area contributed by atoms with E-state index in [2.05, 4.69) is 0 Å². The van der Waals surface area contributed by atoms with Crippen molar-refractivity contribution < 1.29 is 41.0 Å². The predicted octanol–water partition coefficient (Wildman–Crippen LogP) is 1.76. The molecule has 0 fully saturated rings. The highest BCUT2D eigenvalue weighted by Crippen LogP contribution is 2.30. The van der Waals surface area contributed by atoms with Crippen LogP contribution >= 0.6 is 11.8 Å². The lowest BCUT2D eigenvalue weighted by Crippen LogP contribution is -2.47. The van der Waals surface area contributed by atoms with Gasteiger partial charge in [-0.3, -0.25) is 4.79 Å². The van der Waals surface area contributed by atoms with Crippen molar-refractivity contribution >= 4 is 23.6 Å². The Morgan fingerprint density at radius 3 is 2.00 bits per heavy atom. The molecule has 1 atom stereocenters. The zero-order valence-electron chi connectivity index (χ0n) is 8.43. The first kappa shape index (κ1) is 16.9. The third kappa shape index (κ3) is 7.25. The van der Waals surface area contributed by atoms with Crippen molar-refractivity contribution in [2.24, 2.45) is 0 Å². The average molecular weight is 299 g/mol. The molecule has 0 aromatic rings. The number of hydrogen-bond donors (Lipinski definition) is 2. The van der Waals surface area contributed by atoms with E-state index in [9.17, 15) is 35.9 Å². The molecule has 2 N–H and O–H groups in total. The number of alkyl halides is 6. The van der Waals surface area contributed by atoms with Crippen molar-refractivity contribution in [3.05, 3.63) is 0 Å². The van der Waals surface area contributed by atoms with Crippen LogP contribution in [-0.2, 0) is 9.59 Å². The molecule has 106 valence electrons. The first-order chi connectivity index (χ1) is 7.93. The SMILES string of the molecule is O=C(O)[C@@H](CCSC(F)(F)F)NC(=O)C(F)(F)F. The van der Waals surface area contributed by atoms with Gasteiger partial charge in [0.15, 0.2) is 0 Å². The molecule has 11 heteroatoms. The maximum absolute atomic E-state index is 11.8. The van der Waals surface area contributed by atoms with Crippen molar-refractivity contribution in [2.75, 3.05) is 5.75 Å². The van der Waals surface area contributed by atoms with Crippen LogP contribution in [0.5, 0.6) is 0 Å². The molecule has 0 saturated carbocycles. The van der Waals surface area contributed by atoms with Crippen LogP contribution in [-0.4, -0.2) is 40.5 Å². The smallest absolute Gasteiger partial charge is 0.471 e. The Balaban J connectivity index is 4.34. The van der Waals surface area contributed by atoms with E-state index in [-0.39, 0.29) is 0 Å². The van der Waals surface area contributed by atoms with Crippen LogP contribution in [0.15, 0.2) is 0 Å². The van der Waals surface area contributed by atoms with E-state index < -0.39 is 53.5 Å². The van der Waals surface area contributed by atoms with Gasteiger partial charge in [-0.05, 0) is 6.42 Å². The molecule has 0 spiro atoms. The fourth-order valence-corrected chi connectivity index (χ4v) is 1.37. The summed E-state index contributed by atoms with van der Waals surface area (Å²) in [6.45, 7) is 0. The number of carbonyl (C=O) groups is 2. The summed E-state index contributed by atoms with van der Waals surface area (Å²) in [5.41, 5.74) is -4.61. The molecule has 0 aliphatic rings. The number of carbonyl (C=O) groups excluding carboxylic acids is 1. The maximum atomic E-state index is 11.8. The minimum absolute atomic E-state index is 0.582. The van der Waals surface area contributed by atoms with Gasteiger partial charge in [0.05, 0.1) is 0 Å². The lowest BCUT2D eigenvalue weighted by atomic mass is 10.2. The molecule has 0 aliphatic heterocycles. The quantitative estimate of drug-likeness (QED) is 0.759. The van der Waals surface area contributed by atoms with E-state index in [0.29, 0.717) is 0 Å². The van der Waals surface area contributed by atoms with Crippen molar-refractivity contribution in [1.82, 2.24) is 5.32 Å². The van der Waals surface area contributed by atoms with Crippen molar-refractivity contribution in [2.45, 2.75) is 24.1 Å². The number of aliphatic carboxylic acids is 1. The number of nitrogens with one attached hydrogen (secondary N) is 1. The molecule has 18 heavy (non-hydrogen) atoms. The predicted molar refractivity (Wildman–Crippen MR) is 48.8 cm³/mol. The first-order valence-corrected chi connectivity index (χ1v) is 5.23. The molecule has 0 aliphatic carbocycles. The second-order valence-electron chi connectivity index (χ2n) is 2.94. The van der Waals surface area contributed by atoms with Crippen LogP contribution in [0.25, 0.3) is 0 Å². The van der Waals surface area contributed by atoms with Crippen LogP contribution in [0.1, 0.15) is 6.42 Å². The number of rotatable bonds is 5. The van der Waals surface area contributed by atoms with Crippen LogP contribution in [0.2, 0.25) is 0 Å². The second kappa shape index (κ2) is 6.16. The van der Waals surface area contributed by atoms with Crippen LogP contribution in [0.4, 0.5) is 26.3 Å². The van der Waals surface area contributed by atoms with E-state index in [0.717, 1.165) is 5.32 Å². The Morgan fingerprint density at radius 2 is 1.67 bits per heavy atom. The van der Waals surface area contributed by atoms with Gasteiger partial charge in [-0.15, -0.1) is 0 Å². The lowest BCUT2D eigenvalue weighted by Gasteiger charge is -2.15. The summed E-state index contributed by atoms with van der Waals surface area (Å²) < 4.78 is 70.5. The highest BCUT2D eigenvalue weighted by molar-refractivity contribution is 8.00. The molecule has 0 heterocycles. The van der Waals surface area contributed by atoms with Gasteiger partial charge in [0.1, 0.15) is 6.04 Å². The number of hydrogen-bond acceptors (Lipinski definition) is 3. The molecular formula is C7H7F6NO3S. The molecule has 0 aromatic heterocycles. The molecule has 4 nitrogen and oxygen atoms in total. The summed E-state index contributed by atoms with van der Waals surface area (Å²) in [5, 5.41) is 9.54. The van der Waals surface area contributed by atoms with Gasteiger partial charge in [0.25, 0.3) is 0 Å². The zero-order valence-corrected chi connectivity index (χ0v) is 9.25. The number of amides is 1. The van der Waals surface area contributed by atoms with E-state index in [1.807, 2.05) is 0 Å². The Labute approximate surface area is 101 Å². The summed E-state index contributed by atoms with van der Waals surface area (Å²) in [6, 6.07) is -2.02. The Kier molecular flexibility index (Phi) is 5.77. The molecule has 0 saturated heterocycles. The Bertz CT molecular complexity index is 315. The van der Waals surface area contributed by atoms with Crippen molar-refractivity contribution in [3.63, 3.8) is 0 Å². The Hall–Kier alpha value is -1.13. The van der Waals surface area contributed by atoms with Gasteiger partial charge in [-0.25, -0.2) is 4.79 Å². The number of carboxylic acids is 1. The third-order valence-electron chi connectivity index (χ3n) is 1.53. The molecular weight excluding hydrogens is 292 g/mol. The topological polar surface area (TPSA) is 66.4 Å². The zero-order chi connectivity index (χ0) is 14.6. The van der Waals surface area contributed by atoms with Gasteiger partial charge in [-0.1, -0.05) is 11.8 Å². The highest BCUT2D eigenvalue weighted by atomic mass is 32.2. The first-order valence-electron chi connectivity index (χ1n) is 4.24. The number of carboxylic acid groups (broad SMARTS) is 1. The molecule has 0 radical (unpaired) electrons. The van der Waals surface area contributed by atoms with E-state index in [1.165, 1.54) is 0 Å². The van der Waals surface area contributed by atoms with Crippen LogP contribution in [0.3, 0.4) is 0 Å². The molecule has 0 rings (SSSR count). The van der Waals surface area contributed by atoms with Gasteiger partial charge >= 0.3 is 23.6 Å². The van der Waals surface area contributed by atoms with Gasteiger partial charge < -0.3 is 10.4 Å². The Morgan fingerprint density at radius 1 is 1.17 bits per heavy atom. The standard InChI is InChI=1S/C7H7F6NO3S/c8-6(9,10)5(17)14-3(4(15)16)1-2-18-7(11,12)13/h3H,1-2H2,(H,14,17)(H,15,16)/t3-/m1/s1. The molecule has 1 amide bonds. The van der Waals surface area contributed by atoms with E-state index >= 15 is 0 Å². The summed E-state index contributed by atoms with van der Waals surface area (Å²) in [6.07, 6.45) is -6.06. The fourth-order valence-electron chi connectivity index (χ4n) is 0.790. The molecule has 0 aromatic carbocycles. The highest BCUT2D eigenvalue weighted by Gasteiger charge is 2.41. The third-order valence-corrected chi connectivity index (χ3v) is 2.30. The van der Waals surface area contributed by atoms with Crippen LogP contribution in [0, 0.1) is 0 Å². The molecule has 0 unspecified atom stereocenters. The van der Waals surface area contributed by atoms with Crippen molar-refractivity contribution in [1.29, 1.82) is 0 Å². The van der Waals surface area contributed by atoms with E-state index in [1.54, 1.807) is 0 Å². The number of halogens is 6. The van der Waals surface area contributed by atoms with Crippen LogP contribution < -0.4 is 5.32 Å². The average Bonchev–Trinajstić information content (AvgIpc) is 2.12. The van der Waals surface area contributed by atoms with Gasteiger partial charge in [0, 0.05) is 5.75 Å². The molecule has 0 bridgehead atoms. The lowest BCUT2D eigenvalue weighted by molar-refractivity contribution is -0.175. The maximum Gasteiger partial charge on any atom is 0.471 e. The van der Waals surface area contributed by atoms with E-state index in [4.69, 9.17) is 5.11 Å². The summed E-state index contributed by atoms with van der Waals surface area (Å²) in [7, 11) is 0. The van der Waals surface area contributed by atoms with Gasteiger partial charge in [0.2, 0.25) is 0 Å². The summed E-state index contributed by atoms with van der Waals surface area (Å²) in [5.74, 6) is -5.12. The minimum atomic E-state index is -5.29. The number of thioether (sulfide) groups is 1. The monoisotopic (exact) mass is 299 g/mol. The fraction of sp³-hybridized carbons (Fsp3) is 0.714.